The molecule has 22 heavy (non-hydrogen) atoms. The standard InChI is InChI=1S/C18H17NO3/c20-17(14-9-11-22-12-14)8-10-19-18(21)16-7-3-5-13-4-1-2-6-15(13)16/h1-7,9,11-12,17,20H,8,10H2,(H,19,21)/t17-/m1/s1. The van der Waals surface area contributed by atoms with Gasteiger partial charge >= 0.3 is 0 Å². The number of rotatable bonds is 5. The summed E-state index contributed by atoms with van der Waals surface area (Å²) in [7, 11) is 0. The monoisotopic (exact) mass is 295 g/mol. The number of carbonyl (C=O) groups excluding carboxylic acids is 1. The van der Waals surface area contributed by atoms with E-state index in [-0.39, 0.29) is 5.91 Å². The number of furan rings is 1. The topological polar surface area (TPSA) is 62.5 Å². The van der Waals surface area contributed by atoms with Gasteiger partial charge < -0.3 is 14.8 Å². The van der Waals surface area contributed by atoms with Gasteiger partial charge in [0.15, 0.2) is 0 Å². The van der Waals surface area contributed by atoms with E-state index >= 15 is 0 Å². The Morgan fingerprint density at radius 1 is 1.14 bits per heavy atom. The molecule has 0 aliphatic heterocycles. The van der Waals surface area contributed by atoms with Crippen molar-refractivity contribution in [2.75, 3.05) is 6.54 Å². The van der Waals surface area contributed by atoms with Crippen LogP contribution < -0.4 is 5.32 Å². The zero-order valence-electron chi connectivity index (χ0n) is 12.0. The normalized spacial score (nSPS) is 12.2. The predicted octanol–water partition coefficient (Wildman–Crippen LogP) is 3.29. The van der Waals surface area contributed by atoms with Crippen LogP contribution in [0.15, 0.2) is 65.5 Å². The molecule has 4 heteroatoms. The average molecular weight is 295 g/mol. The minimum Gasteiger partial charge on any atom is -0.472 e. The largest absolute Gasteiger partial charge is 0.472 e. The molecule has 0 saturated heterocycles. The van der Waals surface area contributed by atoms with Crippen LogP contribution in [0.1, 0.15) is 28.4 Å². The van der Waals surface area contributed by atoms with E-state index < -0.39 is 6.10 Å². The quantitative estimate of drug-likeness (QED) is 0.759. The third kappa shape index (κ3) is 3.02. The summed E-state index contributed by atoms with van der Waals surface area (Å²) in [6.07, 6.45) is 2.84. The van der Waals surface area contributed by atoms with Crippen molar-refractivity contribution in [3.63, 3.8) is 0 Å². The first-order valence-corrected chi connectivity index (χ1v) is 7.22. The molecular weight excluding hydrogens is 278 g/mol. The van der Waals surface area contributed by atoms with Gasteiger partial charge in [0.2, 0.25) is 0 Å². The SMILES string of the molecule is O=C(NCC[C@@H](O)c1ccoc1)c1cccc2ccccc12. The molecule has 1 aromatic heterocycles. The van der Waals surface area contributed by atoms with Gasteiger partial charge in [0.25, 0.3) is 5.91 Å². The highest BCUT2D eigenvalue weighted by Crippen LogP contribution is 2.19. The van der Waals surface area contributed by atoms with E-state index in [1.165, 1.54) is 12.5 Å². The molecule has 2 aromatic carbocycles. The molecule has 0 radical (unpaired) electrons. The Labute approximate surface area is 128 Å². The first-order chi connectivity index (χ1) is 10.8. The molecule has 2 N–H and O–H groups in total. The maximum absolute atomic E-state index is 12.3. The van der Waals surface area contributed by atoms with Crippen LogP contribution in [0.2, 0.25) is 0 Å². The van der Waals surface area contributed by atoms with Gasteiger partial charge in [0.05, 0.1) is 18.6 Å². The average Bonchev–Trinajstić information content (AvgIpc) is 3.08. The summed E-state index contributed by atoms with van der Waals surface area (Å²) in [6, 6.07) is 15.2. The van der Waals surface area contributed by atoms with E-state index in [0.717, 1.165) is 16.3 Å². The van der Waals surface area contributed by atoms with Crippen LogP contribution in [-0.4, -0.2) is 17.6 Å². The van der Waals surface area contributed by atoms with Crippen LogP contribution >= 0.6 is 0 Å². The summed E-state index contributed by atoms with van der Waals surface area (Å²) in [5.74, 6) is -0.129. The Hall–Kier alpha value is -2.59. The van der Waals surface area contributed by atoms with Crippen molar-refractivity contribution in [1.29, 1.82) is 0 Å². The van der Waals surface area contributed by atoms with Crippen LogP contribution in [0, 0.1) is 0 Å². The zero-order valence-corrected chi connectivity index (χ0v) is 12.0. The molecule has 0 aliphatic rings. The van der Waals surface area contributed by atoms with Gasteiger partial charge in [-0.25, -0.2) is 0 Å². The van der Waals surface area contributed by atoms with Crippen molar-refractivity contribution in [2.45, 2.75) is 12.5 Å². The molecule has 0 fully saturated rings. The molecule has 0 saturated carbocycles. The third-order valence-corrected chi connectivity index (χ3v) is 3.67. The Morgan fingerprint density at radius 3 is 2.77 bits per heavy atom. The van der Waals surface area contributed by atoms with Crippen molar-refractivity contribution in [3.05, 3.63) is 72.2 Å². The van der Waals surface area contributed by atoms with Crippen molar-refractivity contribution in [3.8, 4) is 0 Å². The summed E-state index contributed by atoms with van der Waals surface area (Å²) < 4.78 is 4.93. The van der Waals surface area contributed by atoms with Crippen molar-refractivity contribution >= 4 is 16.7 Å². The zero-order chi connectivity index (χ0) is 15.4. The lowest BCUT2D eigenvalue weighted by molar-refractivity contribution is 0.0944. The minimum absolute atomic E-state index is 0.129. The molecule has 0 unspecified atom stereocenters. The number of carbonyl (C=O) groups is 1. The van der Waals surface area contributed by atoms with E-state index in [9.17, 15) is 9.90 Å². The van der Waals surface area contributed by atoms with Crippen molar-refractivity contribution in [2.24, 2.45) is 0 Å². The lowest BCUT2D eigenvalue weighted by atomic mass is 10.0. The van der Waals surface area contributed by atoms with Crippen LogP contribution in [0.4, 0.5) is 0 Å². The fourth-order valence-electron chi connectivity index (χ4n) is 2.47. The number of hydrogen-bond donors (Lipinski definition) is 2. The van der Waals surface area contributed by atoms with Crippen molar-refractivity contribution < 1.29 is 14.3 Å². The maximum atomic E-state index is 12.3. The summed E-state index contributed by atoms with van der Waals surface area (Å²) in [5, 5.41) is 14.8. The summed E-state index contributed by atoms with van der Waals surface area (Å²) >= 11 is 0. The van der Waals surface area contributed by atoms with Crippen LogP contribution in [0.5, 0.6) is 0 Å². The lowest BCUT2D eigenvalue weighted by Crippen LogP contribution is -2.25. The molecule has 0 bridgehead atoms. The predicted molar refractivity (Wildman–Crippen MR) is 84.6 cm³/mol. The van der Waals surface area contributed by atoms with Crippen LogP contribution in [0.3, 0.4) is 0 Å². The minimum atomic E-state index is -0.633. The Morgan fingerprint density at radius 2 is 1.95 bits per heavy atom. The second-order valence-electron chi connectivity index (χ2n) is 5.14. The maximum Gasteiger partial charge on any atom is 0.251 e. The van der Waals surface area contributed by atoms with Gasteiger partial charge in [0, 0.05) is 17.7 Å². The third-order valence-electron chi connectivity index (χ3n) is 3.67. The Kier molecular flexibility index (Phi) is 4.21. The van der Waals surface area contributed by atoms with Gasteiger partial charge in [-0.15, -0.1) is 0 Å². The molecule has 0 aliphatic carbocycles. The molecule has 0 spiro atoms. The van der Waals surface area contributed by atoms with Crippen molar-refractivity contribution in [1.82, 2.24) is 5.32 Å². The molecule has 1 amide bonds. The summed E-state index contributed by atoms with van der Waals surface area (Å²) in [4.78, 5) is 12.3. The first-order valence-electron chi connectivity index (χ1n) is 7.22. The van der Waals surface area contributed by atoms with Crippen LogP contribution in [0.25, 0.3) is 10.8 Å². The highest BCUT2D eigenvalue weighted by Gasteiger charge is 2.12. The van der Waals surface area contributed by atoms with Gasteiger partial charge in [0.1, 0.15) is 0 Å². The van der Waals surface area contributed by atoms with Gasteiger partial charge in [-0.1, -0.05) is 36.4 Å². The van der Waals surface area contributed by atoms with E-state index in [0.29, 0.717) is 18.5 Å². The molecule has 1 atom stereocenters. The van der Waals surface area contributed by atoms with Crippen LogP contribution in [-0.2, 0) is 0 Å². The number of hydrogen-bond acceptors (Lipinski definition) is 3. The number of nitrogens with one attached hydrogen (secondary N) is 1. The molecule has 4 nitrogen and oxygen atoms in total. The van der Waals surface area contributed by atoms with E-state index in [1.807, 2.05) is 42.5 Å². The van der Waals surface area contributed by atoms with Gasteiger partial charge in [-0.3, -0.25) is 4.79 Å². The Bertz CT molecular complexity index is 760. The van der Waals surface area contributed by atoms with E-state index in [2.05, 4.69) is 5.32 Å². The second kappa shape index (κ2) is 6.45. The Balaban J connectivity index is 1.64. The number of fused-ring (bicyclic) bond motifs is 1. The summed E-state index contributed by atoms with van der Waals surface area (Å²) in [5.41, 5.74) is 1.37. The first kappa shape index (κ1) is 14.4. The number of benzene rings is 2. The highest BCUT2D eigenvalue weighted by atomic mass is 16.3. The molecule has 3 aromatic rings. The smallest absolute Gasteiger partial charge is 0.251 e. The molecular formula is C18H17NO3. The highest BCUT2D eigenvalue weighted by molar-refractivity contribution is 6.06. The second-order valence-corrected chi connectivity index (χ2v) is 5.14. The van der Waals surface area contributed by atoms with E-state index in [4.69, 9.17) is 4.42 Å². The number of aliphatic hydroxyl groups is 1. The molecule has 112 valence electrons. The van der Waals surface area contributed by atoms with Gasteiger partial charge in [-0.2, -0.15) is 0 Å². The fraction of sp³-hybridized carbons (Fsp3) is 0.167. The molecule has 1 heterocycles. The van der Waals surface area contributed by atoms with E-state index in [1.54, 1.807) is 6.07 Å². The lowest BCUT2D eigenvalue weighted by Gasteiger charge is -2.10. The fourth-order valence-corrected chi connectivity index (χ4v) is 2.47. The number of amides is 1. The molecule has 3 rings (SSSR count). The summed E-state index contributed by atoms with van der Waals surface area (Å²) in [6.45, 7) is 0.397. The van der Waals surface area contributed by atoms with Gasteiger partial charge in [-0.05, 0) is 29.3 Å². The number of aliphatic hydroxyl groups excluding tert-OH is 1.